The fourth-order valence-electron chi connectivity index (χ4n) is 1.22. The Morgan fingerprint density at radius 3 is 2.53 bits per heavy atom. The molecule has 17 heavy (non-hydrogen) atoms. The van der Waals surface area contributed by atoms with E-state index in [9.17, 15) is 4.79 Å². The minimum atomic E-state index is -0.187. The summed E-state index contributed by atoms with van der Waals surface area (Å²) in [5.74, 6) is -0.176. The molecule has 0 bridgehead atoms. The van der Waals surface area contributed by atoms with Gasteiger partial charge < -0.3 is 21.0 Å². The van der Waals surface area contributed by atoms with Crippen LogP contribution in [0.2, 0.25) is 0 Å². The van der Waals surface area contributed by atoms with Gasteiger partial charge in [0.05, 0.1) is 6.61 Å². The van der Waals surface area contributed by atoms with E-state index in [1.165, 1.54) is 0 Å². The van der Waals surface area contributed by atoms with Crippen molar-refractivity contribution in [1.82, 2.24) is 5.32 Å². The molecule has 4 N–H and O–H groups in total. The zero-order valence-corrected chi connectivity index (χ0v) is 9.51. The molecule has 0 unspecified atom stereocenters. The number of amidine groups is 1. The van der Waals surface area contributed by atoms with E-state index in [2.05, 4.69) is 10.5 Å². The molecular weight excluding hydrogens is 222 g/mol. The van der Waals surface area contributed by atoms with Gasteiger partial charge in [-0.3, -0.25) is 4.79 Å². The lowest BCUT2D eigenvalue weighted by Gasteiger charge is -2.05. The highest BCUT2D eigenvalue weighted by Gasteiger charge is 2.05. The van der Waals surface area contributed by atoms with Crippen molar-refractivity contribution in [3.8, 4) is 0 Å². The second-order valence-electron chi connectivity index (χ2n) is 3.31. The van der Waals surface area contributed by atoms with Crippen molar-refractivity contribution >= 4 is 11.7 Å². The molecule has 0 radical (unpaired) electrons. The van der Waals surface area contributed by atoms with Crippen LogP contribution < -0.4 is 11.1 Å². The third-order valence-electron chi connectivity index (χ3n) is 2.14. The first kappa shape index (κ1) is 13.0. The summed E-state index contributed by atoms with van der Waals surface area (Å²) in [6, 6.07) is 6.44. The normalized spacial score (nSPS) is 11.2. The molecule has 0 atom stereocenters. The highest BCUT2D eigenvalue weighted by Crippen LogP contribution is 2.04. The third kappa shape index (κ3) is 3.76. The summed E-state index contributed by atoms with van der Waals surface area (Å²) in [7, 11) is 1.57. The van der Waals surface area contributed by atoms with Crippen molar-refractivity contribution in [2.75, 3.05) is 20.3 Å². The second kappa shape index (κ2) is 6.49. The van der Waals surface area contributed by atoms with Crippen LogP contribution >= 0.6 is 0 Å². The Kier molecular flexibility index (Phi) is 4.96. The van der Waals surface area contributed by atoms with Crippen molar-refractivity contribution in [1.29, 1.82) is 0 Å². The number of nitrogens with two attached hydrogens (primary N) is 1. The summed E-state index contributed by atoms with van der Waals surface area (Å²) >= 11 is 0. The maximum Gasteiger partial charge on any atom is 0.251 e. The van der Waals surface area contributed by atoms with Gasteiger partial charge in [-0.05, 0) is 12.1 Å². The molecule has 0 aliphatic rings. The zero-order chi connectivity index (χ0) is 12.7. The average Bonchev–Trinajstić information content (AvgIpc) is 2.38. The molecular formula is C11H15N3O3. The van der Waals surface area contributed by atoms with Crippen LogP contribution in [0.15, 0.2) is 29.4 Å². The van der Waals surface area contributed by atoms with E-state index in [4.69, 9.17) is 15.7 Å². The summed E-state index contributed by atoms with van der Waals surface area (Å²) in [6.07, 6.45) is 0. The number of amides is 1. The Morgan fingerprint density at radius 1 is 1.41 bits per heavy atom. The highest BCUT2D eigenvalue weighted by atomic mass is 16.5. The smallest absolute Gasteiger partial charge is 0.251 e. The number of carbonyl (C=O) groups excluding carboxylic acids is 1. The minimum absolute atomic E-state index is 0.0105. The highest BCUT2D eigenvalue weighted by molar-refractivity contribution is 5.99. The summed E-state index contributed by atoms with van der Waals surface area (Å²) in [5.41, 5.74) is 6.47. The fourth-order valence-corrected chi connectivity index (χ4v) is 1.22. The van der Waals surface area contributed by atoms with E-state index in [0.29, 0.717) is 24.3 Å². The topological polar surface area (TPSA) is 96.9 Å². The molecule has 1 rings (SSSR count). The lowest BCUT2D eigenvalue weighted by Crippen LogP contribution is -2.27. The number of oxime groups is 1. The van der Waals surface area contributed by atoms with Gasteiger partial charge in [-0.2, -0.15) is 0 Å². The van der Waals surface area contributed by atoms with Crippen molar-refractivity contribution in [2.45, 2.75) is 0 Å². The number of nitrogens with one attached hydrogen (secondary N) is 1. The Hall–Kier alpha value is -2.08. The largest absolute Gasteiger partial charge is 0.409 e. The first-order valence-electron chi connectivity index (χ1n) is 5.04. The van der Waals surface area contributed by atoms with Crippen LogP contribution in [0.4, 0.5) is 0 Å². The summed E-state index contributed by atoms with van der Waals surface area (Å²) < 4.78 is 4.82. The van der Waals surface area contributed by atoms with Gasteiger partial charge in [0.2, 0.25) is 0 Å². The monoisotopic (exact) mass is 237 g/mol. The van der Waals surface area contributed by atoms with Crippen LogP contribution in [0.3, 0.4) is 0 Å². The first-order chi connectivity index (χ1) is 8.19. The number of nitrogens with zero attached hydrogens (tertiary/aromatic N) is 1. The Balaban J connectivity index is 2.64. The lowest BCUT2D eigenvalue weighted by atomic mass is 10.1. The second-order valence-corrected chi connectivity index (χ2v) is 3.31. The van der Waals surface area contributed by atoms with E-state index < -0.39 is 0 Å². The van der Waals surface area contributed by atoms with E-state index >= 15 is 0 Å². The summed E-state index contributed by atoms with van der Waals surface area (Å²) in [4.78, 5) is 11.6. The minimum Gasteiger partial charge on any atom is -0.409 e. The standard InChI is InChI=1S/C11H15N3O3/c1-17-7-6-13-11(15)9-4-2-8(3-5-9)10(12)14-16/h2-5,16H,6-7H2,1H3,(H2,12,14)(H,13,15). The van der Waals surface area contributed by atoms with Gasteiger partial charge in [-0.15, -0.1) is 0 Å². The third-order valence-corrected chi connectivity index (χ3v) is 2.14. The lowest BCUT2D eigenvalue weighted by molar-refractivity contribution is 0.0937. The maximum atomic E-state index is 11.6. The van der Waals surface area contributed by atoms with Crippen LogP contribution in [0.1, 0.15) is 15.9 Å². The van der Waals surface area contributed by atoms with Gasteiger partial charge in [-0.1, -0.05) is 17.3 Å². The molecule has 92 valence electrons. The van der Waals surface area contributed by atoms with E-state index in [1.807, 2.05) is 0 Å². The number of methoxy groups -OCH3 is 1. The van der Waals surface area contributed by atoms with E-state index in [0.717, 1.165) is 0 Å². The van der Waals surface area contributed by atoms with Crippen molar-refractivity contribution < 1.29 is 14.7 Å². The Labute approximate surface area is 99.1 Å². The number of carbonyl (C=O) groups is 1. The van der Waals surface area contributed by atoms with Crippen LogP contribution in [-0.2, 0) is 4.74 Å². The van der Waals surface area contributed by atoms with E-state index in [1.54, 1.807) is 31.4 Å². The summed E-state index contributed by atoms with van der Waals surface area (Å²) in [6.45, 7) is 0.922. The van der Waals surface area contributed by atoms with Crippen LogP contribution in [0.5, 0.6) is 0 Å². The van der Waals surface area contributed by atoms with Crippen molar-refractivity contribution in [3.05, 3.63) is 35.4 Å². The molecule has 0 aliphatic carbocycles. The fraction of sp³-hybridized carbons (Fsp3) is 0.273. The van der Waals surface area contributed by atoms with E-state index in [-0.39, 0.29) is 11.7 Å². The Bertz CT molecular complexity index is 401. The molecule has 1 aromatic rings. The number of ether oxygens (including phenoxy) is 1. The van der Waals surface area contributed by atoms with Crippen LogP contribution in [-0.4, -0.2) is 37.2 Å². The quantitative estimate of drug-likeness (QED) is 0.223. The number of hydrogen-bond donors (Lipinski definition) is 3. The van der Waals surface area contributed by atoms with Crippen LogP contribution in [0.25, 0.3) is 0 Å². The van der Waals surface area contributed by atoms with Gasteiger partial charge >= 0.3 is 0 Å². The SMILES string of the molecule is COCCNC(=O)c1ccc(/C(N)=N/O)cc1. The summed E-state index contributed by atoms with van der Waals surface area (Å²) in [5, 5.41) is 14.0. The van der Waals surface area contributed by atoms with Crippen molar-refractivity contribution in [3.63, 3.8) is 0 Å². The molecule has 0 saturated heterocycles. The Morgan fingerprint density at radius 2 is 2.00 bits per heavy atom. The molecule has 0 aromatic heterocycles. The molecule has 1 aromatic carbocycles. The average molecular weight is 237 g/mol. The van der Waals surface area contributed by atoms with Gasteiger partial charge in [0.15, 0.2) is 5.84 Å². The van der Waals surface area contributed by atoms with Gasteiger partial charge in [0.1, 0.15) is 0 Å². The van der Waals surface area contributed by atoms with Crippen LogP contribution in [0, 0.1) is 0 Å². The molecule has 0 spiro atoms. The molecule has 0 fully saturated rings. The number of rotatable bonds is 5. The number of benzene rings is 1. The molecule has 6 heteroatoms. The molecule has 6 nitrogen and oxygen atoms in total. The predicted octanol–water partition coefficient (Wildman–Crippen LogP) is 0.157. The van der Waals surface area contributed by atoms with Gasteiger partial charge in [0.25, 0.3) is 5.91 Å². The zero-order valence-electron chi connectivity index (χ0n) is 9.51. The van der Waals surface area contributed by atoms with Gasteiger partial charge in [0, 0.05) is 24.8 Å². The molecule has 0 aliphatic heterocycles. The predicted molar refractivity (Wildman–Crippen MR) is 63.2 cm³/mol. The molecule has 1 amide bonds. The molecule has 0 saturated carbocycles. The first-order valence-corrected chi connectivity index (χ1v) is 5.04. The van der Waals surface area contributed by atoms with Gasteiger partial charge in [-0.25, -0.2) is 0 Å². The molecule has 0 heterocycles. The van der Waals surface area contributed by atoms with Crippen molar-refractivity contribution in [2.24, 2.45) is 10.9 Å². The number of hydrogen-bond acceptors (Lipinski definition) is 4. The maximum absolute atomic E-state index is 11.6.